The number of aromatic nitrogens is 3. The van der Waals surface area contributed by atoms with E-state index in [1.165, 1.54) is 28.7 Å². The van der Waals surface area contributed by atoms with Crippen molar-refractivity contribution in [3.8, 4) is 5.75 Å². The van der Waals surface area contributed by atoms with E-state index in [0.717, 1.165) is 20.2 Å². The molecule has 0 saturated heterocycles. The summed E-state index contributed by atoms with van der Waals surface area (Å²) < 4.78 is 11.7. The largest absolute Gasteiger partial charge is 0.497 e. The maximum absolute atomic E-state index is 11.9. The Balaban J connectivity index is 1.44. The standard InChI is InChI=1S/C16H16N4O3S3/c1-10-7-13(20-23-10)17-14(21)9-25-16-19-18-15(26-16)24-8-11-3-5-12(22-2)6-4-11/h3-7H,8-9H2,1-2H3,(H,17,20,21). The summed E-state index contributed by atoms with van der Waals surface area (Å²) in [6, 6.07) is 9.59. The molecule has 1 N–H and O–H groups in total. The van der Waals surface area contributed by atoms with Crippen LogP contribution in [0, 0.1) is 6.92 Å². The minimum atomic E-state index is -0.161. The Kier molecular flexibility index (Phi) is 6.53. The lowest BCUT2D eigenvalue weighted by atomic mass is 10.2. The van der Waals surface area contributed by atoms with Crippen LogP contribution >= 0.6 is 34.9 Å². The van der Waals surface area contributed by atoms with E-state index in [2.05, 4.69) is 20.7 Å². The Morgan fingerprint density at radius 2 is 1.96 bits per heavy atom. The van der Waals surface area contributed by atoms with Crippen LogP contribution < -0.4 is 10.1 Å². The lowest BCUT2D eigenvalue weighted by Crippen LogP contribution is -2.14. The zero-order valence-corrected chi connectivity index (χ0v) is 16.5. The Morgan fingerprint density at radius 3 is 2.62 bits per heavy atom. The van der Waals surface area contributed by atoms with Gasteiger partial charge in [-0.3, -0.25) is 4.79 Å². The molecule has 3 rings (SSSR count). The molecule has 0 unspecified atom stereocenters. The van der Waals surface area contributed by atoms with Gasteiger partial charge in [-0.05, 0) is 24.6 Å². The van der Waals surface area contributed by atoms with Gasteiger partial charge in [-0.2, -0.15) is 0 Å². The molecular weight excluding hydrogens is 392 g/mol. The molecule has 0 aliphatic carbocycles. The van der Waals surface area contributed by atoms with Crippen LogP contribution in [0.3, 0.4) is 0 Å². The van der Waals surface area contributed by atoms with Crippen molar-refractivity contribution < 1.29 is 14.1 Å². The van der Waals surface area contributed by atoms with E-state index < -0.39 is 0 Å². The van der Waals surface area contributed by atoms with E-state index in [-0.39, 0.29) is 11.7 Å². The van der Waals surface area contributed by atoms with E-state index in [4.69, 9.17) is 9.26 Å². The van der Waals surface area contributed by atoms with Gasteiger partial charge >= 0.3 is 0 Å². The number of thioether (sulfide) groups is 2. The molecule has 1 aromatic carbocycles. The molecule has 0 saturated carbocycles. The third kappa shape index (κ3) is 5.48. The first-order valence-corrected chi connectivity index (χ1v) is 10.4. The molecule has 26 heavy (non-hydrogen) atoms. The summed E-state index contributed by atoms with van der Waals surface area (Å²) in [5.74, 6) is 2.79. The van der Waals surface area contributed by atoms with Crippen molar-refractivity contribution >= 4 is 46.6 Å². The number of rotatable bonds is 8. The van der Waals surface area contributed by atoms with E-state index in [0.29, 0.717) is 11.6 Å². The predicted molar refractivity (Wildman–Crippen MR) is 103 cm³/mol. The van der Waals surface area contributed by atoms with Gasteiger partial charge in [-0.25, -0.2) is 0 Å². The molecule has 0 atom stereocenters. The first kappa shape index (κ1) is 18.7. The summed E-state index contributed by atoms with van der Waals surface area (Å²) in [5, 5.41) is 14.7. The van der Waals surface area contributed by atoms with Crippen molar-refractivity contribution in [2.45, 2.75) is 21.4 Å². The maximum atomic E-state index is 11.9. The molecule has 0 bridgehead atoms. The Morgan fingerprint density at radius 1 is 1.23 bits per heavy atom. The van der Waals surface area contributed by atoms with Crippen molar-refractivity contribution in [1.82, 2.24) is 15.4 Å². The topological polar surface area (TPSA) is 90.1 Å². The third-order valence-corrected chi connectivity index (χ3v) is 6.39. The number of carbonyl (C=O) groups is 1. The number of nitrogens with zero attached hydrogens (tertiary/aromatic N) is 3. The van der Waals surface area contributed by atoms with E-state index >= 15 is 0 Å². The smallest absolute Gasteiger partial charge is 0.236 e. The van der Waals surface area contributed by atoms with Crippen molar-refractivity contribution in [2.24, 2.45) is 0 Å². The normalized spacial score (nSPS) is 10.7. The summed E-state index contributed by atoms with van der Waals surface area (Å²) in [7, 11) is 1.65. The molecule has 0 radical (unpaired) electrons. The number of methoxy groups -OCH3 is 1. The minimum Gasteiger partial charge on any atom is -0.497 e. The van der Waals surface area contributed by atoms with Crippen LogP contribution in [0.2, 0.25) is 0 Å². The number of aryl methyl sites for hydroxylation is 1. The van der Waals surface area contributed by atoms with Crippen LogP contribution in [0.4, 0.5) is 5.82 Å². The summed E-state index contributed by atoms with van der Waals surface area (Å²) in [6.45, 7) is 1.77. The SMILES string of the molecule is COc1ccc(CSc2nnc(SCC(=O)Nc3cc(C)on3)s2)cc1. The van der Waals surface area contributed by atoms with Crippen molar-refractivity contribution in [2.75, 3.05) is 18.2 Å². The number of hydrogen-bond donors (Lipinski definition) is 1. The highest BCUT2D eigenvalue weighted by molar-refractivity contribution is 8.03. The van der Waals surface area contributed by atoms with Gasteiger partial charge in [-0.1, -0.05) is 52.1 Å². The minimum absolute atomic E-state index is 0.161. The quantitative estimate of drug-likeness (QED) is 0.562. The zero-order chi connectivity index (χ0) is 18.4. The van der Waals surface area contributed by atoms with Crippen LogP contribution in [0.5, 0.6) is 5.75 Å². The van der Waals surface area contributed by atoms with Gasteiger partial charge < -0.3 is 14.6 Å². The average Bonchev–Trinajstić information content (AvgIpc) is 3.27. The third-order valence-electron chi connectivity index (χ3n) is 3.13. The zero-order valence-electron chi connectivity index (χ0n) is 14.1. The van der Waals surface area contributed by atoms with E-state index in [1.807, 2.05) is 24.3 Å². The van der Waals surface area contributed by atoms with Crippen molar-refractivity contribution in [1.29, 1.82) is 0 Å². The van der Waals surface area contributed by atoms with Gasteiger partial charge in [0.25, 0.3) is 0 Å². The van der Waals surface area contributed by atoms with E-state index in [1.54, 1.807) is 31.9 Å². The summed E-state index contributed by atoms with van der Waals surface area (Å²) in [5.41, 5.74) is 1.18. The summed E-state index contributed by atoms with van der Waals surface area (Å²) in [6.07, 6.45) is 0. The van der Waals surface area contributed by atoms with Gasteiger partial charge in [0, 0.05) is 11.8 Å². The first-order valence-electron chi connectivity index (χ1n) is 7.57. The fourth-order valence-corrected chi connectivity index (χ4v) is 4.69. The molecule has 136 valence electrons. The van der Waals surface area contributed by atoms with Gasteiger partial charge in [0.2, 0.25) is 5.91 Å². The van der Waals surface area contributed by atoms with Gasteiger partial charge in [-0.15, -0.1) is 10.2 Å². The van der Waals surface area contributed by atoms with Crippen LogP contribution in [0.15, 0.2) is 43.5 Å². The first-order chi connectivity index (χ1) is 12.6. The fourth-order valence-electron chi connectivity index (χ4n) is 1.91. The Hall–Kier alpha value is -2.04. The number of ether oxygens (including phenoxy) is 1. The number of benzene rings is 1. The van der Waals surface area contributed by atoms with E-state index in [9.17, 15) is 4.79 Å². The number of amides is 1. The number of nitrogens with one attached hydrogen (secondary N) is 1. The molecular formula is C16H16N4O3S3. The lowest BCUT2D eigenvalue weighted by Gasteiger charge is -2.01. The predicted octanol–water partition coefficient (Wildman–Crippen LogP) is 3.87. The summed E-state index contributed by atoms with van der Waals surface area (Å²) in [4.78, 5) is 11.9. The monoisotopic (exact) mass is 408 g/mol. The highest BCUT2D eigenvalue weighted by Gasteiger charge is 2.10. The molecule has 2 aromatic heterocycles. The second kappa shape index (κ2) is 9.06. The molecule has 0 aliphatic heterocycles. The number of hydrogen-bond acceptors (Lipinski definition) is 9. The van der Waals surface area contributed by atoms with Gasteiger partial charge in [0.1, 0.15) is 11.5 Å². The molecule has 0 aliphatic rings. The van der Waals surface area contributed by atoms with Crippen LogP contribution in [-0.2, 0) is 10.5 Å². The Bertz CT molecular complexity index is 864. The molecule has 0 spiro atoms. The van der Waals surface area contributed by atoms with Crippen LogP contribution in [0.1, 0.15) is 11.3 Å². The lowest BCUT2D eigenvalue weighted by molar-refractivity contribution is -0.113. The van der Waals surface area contributed by atoms with Crippen LogP contribution in [0.25, 0.3) is 0 Å². The molecule has 3 aromatic rings. The van der Waals surface area contributed by atoms with Crippen molar-refractivity contribution in [3.05, 3.63) is 41.7 Å². The molecule has 0 fully saturated rings. The highest BCUT2D eigenvalue weighted by atomic mass is 32.2. The summed E-state index contributed by atoms with van der Waals surface area (Å²) >= 11 is 4.44. The molecule has 1 amide bonds. The maximum Gasteiger partial charge on any atom is 0.236 e. The average molecular weight is 409 g/mol. The highest BCUT2D eigenvalue weighted by Crippen LogP contribution is 2.31. The van der Waals surface area contributed by atoms with Crippen LogP contribution in [-0.4, -0.2) is 34.1 Å². The molecule has 2 heterocycles. The second-order valence-corrected chi connectivity index (χ2v) is 8.55. The number of anilines is 1. The molecule has 7 nitrogen and oxygen atoms in total. The second-order valence-electron chi connectivity index (χ2n) is 5.13. The fraction of sp³-hybridized carbons (Fsp3) is 0.250. The van der Waals surface area contributed by atoms with Gasteiger partial charge in [0.15, 0.2) is 14.5 Å². The Labute approximate surface area is 162 Å². The molecule has 10 heteroatoms. The number of carbonyl (C=O) groups excluding carboxylic acids is 1. The van der Waals surface area contributed by atoms with Crippen molar-refractivity contribution in [3.63, 3.8) is 0 Å². The van der Waals surface area contributed by atoms with Gasteiger partial charge in [0.05, 0.1) is 12.9 Å².